The Labute approximate surface area is 138 Å². The topological polar surface area (TPSA) is 12.9 Å². The molecule has 0 aliphatic rings. The molecule has 0 unspecified atom stereocenters. The quantitative estimate of drug-likeness (QED) is 0.394. The second kappa shape index (κ2) is 7.81. The number of halogens is 1. The Morgan fingerprint density at radius 2 is 1.90 bits per heavy atom. The summed E-state index contributed by atoms with van der Waals surface area (Å²) in [6.45, 7) is 4.57. The molecule has 0 bridgehead atoms. The number of alkyl halides is 1. The maximum Gasteiger partial charge on any atom is 0.151 e. The van der Waals surface area contributed by atoms with Gasteiger partial charge in [0.2, 0.25) is 0 Å². The van der Waals surface area contributed by atoms with Crippen molar-refractivity contribution >= 4 is 49.2 Å². The zero-order valence-corrected chi connectivity index (χ0v) is 15.4. The number of hydrogen-bond donors (Lipinski definition) is 0. The van der Waals surface area contributed by atoms with E-state index in [1.807, 2.05) is 23.1 Å². The van der Waals surface area contributed by atoms with Crippen molar-refractivity contribution in [1.82, 2.24) is 4.98 Å². The number of hydrogen-bond acceptors (Lipinski definition) is 3. The van der Waals surface area contributed by atoms with Crippen molar-refractivity contribution in [1.29, 1.82) is 0 Å². The lowest BCUT2D eigenvalue weighted by Crippen LogP contribution is -2.25. The molecule has 0 spiro atoms. The second-order valence-corrected chi connectivity index (χ2v) is 8.18. The van der Waals surface area contributed by atoms with E-state index in [9.17, 15) is 0 Å². The van der Waals surface area contributed by atoms with Crippen LogP contribution in [0.5, 0.6) is 0 Å². The lowest BCUT2D eigenvalue weighted by atomic mass is 9.83. The third-order valence-corrected chi connectivity index (χ3v) is 7.34. The van der Waals surface area contributed by atoms with Gasteiger partial charge in [-0.1, -0.05) is 66.5 Å². The van der Waals surface area contributed by atoms with E-state index in [0.717, 1.165) is 10.8 Å². The van der Waals surface area contributed by atoms with Crippen LogP contribution in [0.1, 0.15) is 39.5 Å². The van der Waals surface area contributed by atoms with E-state index in [4.69, 9.17) is 4.98 Å². The summed E-state index contributed by atoms with van der Waals surface area (Å²) in [7, 11) is 0. The predicted molar refractivity (Wildman–Crippen MR) is 96.4 cm³/mol. The highest BCUT2D eigenvalue weighted by Gasteiger charge is 2.27. The number of thiazole rings is 1. The van der Waals surface area contributed by atoms with Crippen molar-refractivity contribution in [2.24, 2.45) is 5.41 Å². The minimum Gasteiger partial charge on any atom is -0.230 e. The number of rotatable bonds is 8. The van der Waals surface area contributed by atoms with Gasteiger partial charge in [0.05, 0.1) is 10.2 Å². The maximum atomic E-state index is 4.74. The van der Waals surface area contributed by atoms with Gasteiger partial charge >= 0.3 is 0 Å². The van der Waals surface area contributed by atoms with Gasteiger partial charge in [-0.15, -0.1) is 11.3 Å². The van der Waals surface area contributed by atoms with Gasteiger partial charge in [-0.3, -0.25) is 0 Å². The SMILES string of the molecule is CCCC(CBr)(CCC)CSc1nc2ccccc2s1. The highest BCUT2D eigenvalue weighted by molar-refractivity contribution is 9.09. The molecule has 0 aliphatic carbocycles. The van der Waals surface area contributed by atoms with E-state index in [1.54, 1.807) is 0 Å². The molecule has 0 radical (unpaired) electrons. The van der Waals surface area contributed by atoms with Gasteiger partial charge in [0.15, 0.2) is 4.34 Å². The lowest BCUT2D eigenvalue weighted by molar-refractivity contribution is 0.320. The average molecular weight is 372 g/mol. The summed E-state index contributed by atoms with van der Waals surface area (Å²) in [5.74, 6) is 1.17. The molecule has 0 saturated heterocycles. The van der Waals surface area contributed by atoms with Crippen LogP contribution in [0, 0.1) is 5.41 Å². The van der Waals surface area contributed by atoms with Crippen molar-refractivity contribution in [3.8, 4) is 0 Å². The van der Waals surface area contributed by atoms with E-state index >= 15 is 0 Å². The molecule has 4 heteroatoms. The molecule has 0 amide bonds. The van der Waals surface area contributed by atoms with Gasteiger partial charge < -0.3 is 0 Å². The van der Waals surface area contributed by atoms with Crippen LogP contribution >= 0.6 is 39.0 Å². The molecule has 0 saturated carbocycles. The van der Waals surface area contributed by atoms with Gasteiger partial charge in [0.25, 0.3) is 0 Å². The average Bonchev–Trinajstić information content (AvgIpc) is 2.88. The molecule has 1 aromatic heterocycles. The highest BCUT2D eigenvalue weighted by Crippen LogP contribution is 2.39. The van der Waals surface area contributed by atoms with Crippen LogP contribution in [-0.4, -0.2) is 16.1 Å². The zero-order valence-electron chi connectivity index (χ0n) is 12.2. The monoisotopic (exact) mass is 371 g/mol. The number of benzene rings is 1. The van der Waals surface area contributed by atoms with Gasteiger partial charge in [-0.25, -0.2) is 4.98 Å². The molecule has 110 valence electrons. The normalized spacial score (nSPS) is 12.2. The molecule has 20 heavy (non-hydrogen) atoms. The summed E-state index contributed by atoms with van der Waals surface area (Å²) >= 11 is 7.51. The Morgan fingerprint density at radius 1 is 1.20 bits per heavy atom. The first-order valence-corrected chi connectivity index (χ1v) is 10.2. The number of fused-ring (bicyclic) bond motifs is 1. The van der Waals surface area contributed by atoms with Gasteiger partial charge in [-0.05, 0) is 30.4 Å². The molecule has 1 aromatic carbocycles. The third-order valence-electron chi connectivity index (χ3n) is 3.62. The molecule has 1 heterocycles. The number of nitrogens with zero attached hydrogens (tertiary/aromatic N) is 1. The number of aromatic nitrogens is 1. The molecule has 0 aliphatic heterocycles. The van der Waals surface area contributed by atoms with Gasteiger partial charge in [-0.2, -0.15) is 0 Å². The lowest BCUT2D eigenvalue weighted by Gasteiger charge is -2.30. The standard InChI is InChI=1S/C16H22BrNS2/c1-3-9-16(11-17,10-4-2)12-19-15-18-13-7-5-6-8-14(13)20-15/h5-8H,3-4,9-12H2,1-2H3. The van der Waals surface area contributed by atoms with Crippen LogP contribution in [0.4, 0.5) is 0 Å². The summed E-state index contributed by atoms with van der Waals surface area (Å²) in [4.78, 5) is 4.74. The summed E-state index contributed by atoms with van der Waals surface area (Å²) in [6, 6.07) is 8.41. The molecule has 2 rings (SSSR count). The third kappa shape index (κ3) is 3.99. The molecule has 2 aromatic rings. The predicted octanol–water partition coefficient (Wildman–Crippen LogP) is 6.37. The fraction of sp³-hybridized carbons (Fsp3) is 0.562. The van der Waals surface area contributed by atoms with Crippen LogP contribution in [0.15, 0.2) is 28.6 Å². The van der Waals surface area contributed by atoms with Crippen molar-refractivity contribution in [3.05, 3.63) is 24.3 Å². The van der Waals surface area contributed by atoms with Crippen molar-refractivity contribution in [2.75, 3.05) is 11.1 Å². The van der Waals surface area contributed by atoms with Crippen molar-refractivity contribution in [3.63, 3.8) is 0 Å². The minimum absolute atomic E-state index is 0.423. The molecule has 0 N–H and O–H groups in total. The first-order chi connectivity index (χ1) is 9.73. The summed E-state index contributed by atoms with van der Waals surface area (Å²) < 4.78 is 2.51. The van der Waals surface area contributed by atoms with E-state index in [-0.39, 0.29) is 0 Å². The zero-order chi connectivity index (χ0) is 14.4. The van der Waals surface area contributed by atoms with E-state index in [2.05, 4.69) is 54.0 Å². The Hall–Kier alpha value is -0.0600. The van der Waals surface area contributed by atoms with Crippen LogP contribution in [0.2, 0.25) is 0 Å². The molecule has 1 nitrogen and oxygen atoms in total. The van der Waals surface area contributed by atoms with Crippen LogP contribution in [0.3, 0.4) is 0 Å². The first-order valence-electron chi connectivity index (χ1n) is 7.27. The summed E-state index contributed by atoms with van der Waals surface area (Å²) in [5.41, 5.74) is 1.56. The molecule has 0 fully saturated rings. The molecular weight excluding hydrogens is 350 g/mol. The first kappa shape index (κ1) is 16.3. The Kier molecular flexibility index (Phi) is 6.37. The fourth-order valence-corrected chi connectivity index (χ4v) is 6.01. The van der Waals surface area contributed by atoms with Gasteiger partial charge in [0, 0.05) is 11.1 Å². The molecule has 0 atom stereocenters. The van der Waals surface area contributed by atoms with E-state index < -0.39 is 0 Å². The minimum atomic E-state index is 0.423. The molecular formula is C16H22BrNS2. The van der Waals surface area contributed by atoms with Crippen molar-refractivity contribution < 1.29 is 0 Å². The Morgan fingerprint density at radius 3 is 2.50 bits per heavy atom. The van der Waals surface area contributed by atoms with Crippen molar-refractivity contribution in [2.45, 2.75) is 43.9 Å². The maximum absolute atomic E-state index is 4.74. The van der Waals surface area contributed by atoms with Crippen LogP contribution in [0.25, 0.3) is 10.2 Å². The number of thioether (sulfide) groups is 1. The van der Waals surface area contributed by atoms with Crippen LogP contribution in [-0.2, 0) is 0 Å². The summed E-state index contributed by atoms with van der Waals surface area (Å²) in [5, 5.41) is 1.10. The number of para-hydroxylation sites is 1. The Bertz CT molecular complexity index is 499. The summed E-state index contributed by atoms with van der Waals surface area (Å²) in [6.07, 6.45) is 5.10. The Balaban J connectivity index is 2.07. The highest BCUT2D eigenvalue weighted by atomic mass is 79.9. The second-order valence-electron chi connectivity index (χ2n) is 5.37. The van der Waals surface area contributed by atoms with E-state index in [1.165, 1.54) is 40.5 Å². The smallest absolute Gasteiger partial charge is 0.151 e. The van der Waals surface area contributed by atoms with Crippen LogP contribution < -0.4 is 0 Å². The largest absolute Gasteiger partial charge is 0.230 e. The van der Waals surface area contributed by atoms with Gasteiger partial charge in [0.1, 0.15) is 0 Å². The fourth-order valence-electron chi connectivity index (χ4n) is 2.63. The van der Waals surface area contributed by atoms with E-state index in [0.29, 0.717) is 5.41 Å².